The van der Waals surface area contributed by atoms with Crippen molar-refractivity contribution in [3.63, 3.8) is 0 Å². The Morgan fingerprint density at radius 2 is 2.19 bits per heavy atom. The van der Waals surface area contributed by atoms with E-state index in [1.165, 1.54) is 0 Å². The average molecular weight is 224 g/mol. The van der Waals surface area contributed by atoms with E-state index in [4.69, 9.17) is 0 Å². The van der Waals surface area contributed by atoms with E-state index in [9.17, 15) is 9.90 Å². The molecular formula is C12H20N2O2. The first-order valence-corrected chi connectivity index (χ1v) is 6.21. The van der Waals surface area contributed by atoms with Gasteiger partial charge in [0, 0.05) is 11.8 Å². The van der Waals surface area contributed by atoms with Crippen LogP contribution in [0.4, 0.5) is 0 Å². The molecular weight excluding hydrogens is 204 g/mol. The zero-order valence-corrected chi connectivity index (χ0v) is 9.78. The summed E-state index contributed by atoms with van der Waals surface area (Å²) in [7, 11) is 0. The number of H-pyrrole nitrogens is 1. The van der Waals surface area contributed by atoms with Gasteiger partial charge in [-0.25, -0.2) is 4.68 Å². The number of rotatable bonds is 2. The second-order valence-electron chi connectivity index (χ2n) is 4.62. The molecule has 2 atom stereocenters. The maximum atomic E-state index is 11.8. The Morgan fingerprint density at radius 1 is 1.44 bits per heavy atom. The molecule has 1 aliphatic rings. The van der Waals surface area contributed by atoms with E-state index in [-0.39, 0.29) is 17.7 Å². The summed E-state index contributed by atoms with van der Waals surface area (Å²) in [6.07, 6.45) is 5.45. The second kappa shape index (κ2) is 4.87. The standard InChI is InChI=1S/C12H20N2O2/c1-2-9-8-12(16)14(13-9)10-6-4-3-5-7-11(10)15/h8,10-11,13,15H,2-7H2,1H3. The minimum Gasteiger partial charge on any atom is -0.391 e. The Balaban J connectivity index is 2.26. The van der Waals surface area contributed by atoms with Crippen LogP contribution in [0.2, 0.25) is 0 Å². The fraction of sp³-hybridized carbons (Fsp3) is 0.750. The van der Waals surface area contributed by atoms with Crippen LogP contribution in [0.1, 0.15) is 50.8 Å². The Hall–Kier alpha value is -1.03. The summed E-state index contributed by atoms with van der Waals surface area (Å²) in [5, 5.41) is 13.1. The Kier molecular flexibility index (Phi) is 3.49. The molecule has 0 amide bonds. The Labute approximate surface area is 95.3 Å². The third kappa shape index (κ3) is 2.21. The van der Waals surface area contributed by atoms with Crippen molar-refractivity contribution < 1.29 is 5.11 Å². The Morgan fingerprint density at radius 3 is 2.88 bits per heavy atom. The van der Waals surface area contributed by atoms with Crippen molar-refractivity contribution in [1.82, 2.24) is 9.78 Å². The van der Waals surface area contributed by atoms with Crippen LogP contribution in [0.3, 0.4) is 0 Å². The number of aromatic amines is 1. The molecule has 1 aliphatic carbocycles. The lowest BCUT2D eigenvalue weighted by Crippen LogP contribution is -2.30. The molecule has 2 rings (SSSR count). The number of aryl methyl sites for hydroxylation is 1. The van der Waals surface area contributed by atoms with Crippen molar-refractivity contribution in [2.75, 3.05) is 0 Å². The normalized spacial score (nSPS) is 26.6. The molecule has 1 aromatic heterocycles. The van der Waals surface area contributed by atoms with Crippen molar-refractivity contribution in [2.24, 2.45) is 0 Å². The third-order valence-corrected chi connectivity index (χ3v) is 3.46. The summed E-state index contributed by atoms with van der Waals surface area (Å²) in [5.41, 5.74) is 0.934. The van der Waals surface area contributed by atoms with Gasteiger partial charge in [-0.3, -0.25) is 9.89 Å². The van der Waals surface area contributed by atoms with Crippen molar-refractivity contribution in [1.29, 1.82) is 0 Å². The summed E-state index contributed by atoms with van der Waals surface area (Å²) in [6.45, 7) is 2.01. The molecule has 1 aromatic rings. The summed E-state index contributed by atoms with van der Waals surface area (Å²) >= 11 is 0. The molecule has 16 heavy (non-hydrogen) atoms. The number of hydrogen-bond acceptors (Lipinski definition) is 2. The van der Waals surface area contributed by atoms with Gasteiger partial charge in [-0.2, -0.15) is 0 Å². The molecule has 90 valence electrons. The molecule has 4 heteroatoms. The molecule has 2 unspecified atom stereocenters. The van der Waals surface area contributed by atoms with Crippen molar-refractivity contribution in [2.45, 2.75) is 57.6 Å². The zero-order chi connectivity index (χ0) is 11.5. The molecule has 0 spiro atoms. The van der Waals surface area contributed by atoms with Crippen LogP contribution in [0.25, 0.3) is 0 Å². The van der Waals surface area contributed by atoms with Gasteiger partial charge >= 0.3 is 0 Å². The highest BCUT2D eigenvalue weighted by Crippen LogP contribution is 2.26. The number of nitrogens with one attached hydrogen (secondary N) is 1. The van der Waals surface area contributed by atoms with Gasteiger partial charge in [0.15, 0.2) is 0 Å². The highest BCUT2D eigenvalue weighted by atomic mass is 16.3. The third-order valence-electron chi connectivity index (χ3n) is 3.46. The summed E-state index contributed by atoms with van der Waals surface area (Å²) < 4.78 is 1.62. The van der Waals surface area contributed by atoms with E-state index in [0.717, 1.165) is 44.2 Å². The lowest BCUT2D eigenvalue weighted by atomic mass is 10.1. The first-order chi connectivity index (χ1) is 7.72. The number of aliphatic hydroxyl groups excluding tert-OH is 1. The predicted octanol–water partition coefficient (Wildman–Crippen LogP) is 1.60. The number of aliphatic hydroxyl groups is 1. The van der Waals surface area contributed by atoms with Gasteiger partial charge in [-0.15, -0.1) is 0 Å². The number of nitrogens with zero attached hydrogens (tertiary/aromatic N) is 1. The van der Waals surface area contributed by atoms with Gasteiger partial charge in [0.25, 0.3) is 5.56 Å². The maximum Gasteiger partial charge on any atom is 0.267 e. The maximum absolute atomic E-state index is 11.8. The number of hydrogen-bond donors (Lipinski definition) is 2. The molecule has 0 radical (unpaired) electrons. The smallest absolute Gasteiger partial charge is 0.267 e. The van der Waals surface area contributed by atoms with Crippen LogP contribution in [-0.4, -0.2) is 21.0 Å². The van der Waals surface area contributed by atoms with Crippen LogP contribution in [0.15, 0.2) is 10.9 Å². The van der Waals surface area contributed by atoms with E-state index < -0.39 is 0 Å². The molecule has 0 saturated heterocycles. The summed E-state index contributed by atoms with van der Waals surface area (Å²) in [5.74, 6) is 0. The minimum atomic E-state index is -0.386. The van der Waals surface area contributed by atoms with E-state index in [2.05, 4.69) is 5.10 Å². The molecule has 4 nitrogen and oxygen atoms in total. The fourth-order valence-electron chi connectivity index (χ4n) is 2.46. The molecule has 1 fully saturated rings. The second-order valence-corrected chi connectivity index (χ2v) is 4.62. The highest BCUT2D eigenvalue weighted by Gasteiger charge is 2.24. The summed E-state index contributed by atoms with van der Waals surface area (Å²) in [6, 6.07) is 1.58. The summed E-state index contributed by atoms with van der Waals surface area (Å²) in [4.78, 5) is 11.8. The fourth-order valence-corrected chi connectivity index (χ4v) is 2.46. The van der Waals surface area contributed by atoms with E-state index in [1.807, 2.05) is 6.92 Å². The zero-order valence-electron chi connectivity index (χ0n) is 9.78. The molecule has 0 aromatic carbocycles. The van der Waals surface area contributed by atoms with E-state index in [0.29, 0.717) is 0 Å². The SMILES string of the molecule is CCc1cc(=O)n(C2CCCCCC2O)[nH]1. The van der Waals surface area contributed by atoms with Crippen molar-refractivity contribution >= 4 is 0 Å². The minimum absolute atomic E-state index is 0.0113. The van der Waals surface area contributed by atoms with E-state index in [1.54, 1.807) is 10.7 Å². The van der Waals surface area contributed by atoms with Crippen LogP contribution in [0, 0.1) is 0 Å². The lowest BCUT2D eigenvalue weighted by molar-refractivity contribution is 0.0972. The predicted molar refractivity (Wildman–Crippen MR) is 62.6 cm³/mol. The molecule has 1 saturated carbocycles. The van der Waals surface area contributed by atoms with Gasteiger partial charge in [0.05, 0.1) is 12.1 Å². The number of aromatic nitrogens is 2. The largest absolute Gasteiger partial charge is 0.391 e. The topological polar surface area (TPSA) is 58.0 Å². The first-order valence-electron chi connectivity index (χ1n) is 6.21. The average Bonchev–Trinajstić information content (AvgIpc) is 2.51. The monoisotopic (exact) mass is 224 g/mol. The van der Waals surface area contributed by atoms with Gasteiger partial charge < -0.3 is 5.11 Å². The van der Waals surface area contributed by atoms with Gasteiger partial charge in [-0.1, -0.05) is 26.2 Å². The molecule has 0 aliphatic heterocycles. The molecule has 1 heterocycles. The van der Waals surface area contributed by atoms with E-state index >= 15 is 0 Å². The van der Waals surface area contributed by atoms with Crippen LogP contribution >= 0.6 is 0 Å². The first kappa shape index (κ1) is 11.5. The quantitative estimate of drug-likeness (QED) is 0.750. The van der Waals surface area contributed by atoms with Crippen molar-refractivity contribution in [3.05, 3.63) is 22.1 Å². The Bertz CT molecular complexity index is 394. The highest BCUT2D eigenvalue weighted by molar-refractivity contribution is 5.00. The van der Waals surface area contributed by atoms with Gasteiger partial charge in [0.1, 0.15) is 0 Å². The van der Waals surface area contributed by atoms with Crippen LogP contribution in [-0.2, 0) is 6.42 Å². The molecule has 2 N–H and O–H groups in total. The van der Waals surface area contributed by atoms with Crippen molar-refractivity contribution in [3.8, 4) is 0 Å². The van der Waals surface area contributed by atoms with Gasteiger partial charge in [0.2, 0.25) is 0 Å². The lowest BCUT2D eigenvalue weighted by Gasteiger charge is -2.20. The van der Waals surface area contributed by atoms with Crippen LogP contribution < -0.4 is 5.56 Å². The molecule has 0 bridgehead atoms. The van der Waals surface area contributed by atoms with Gasteiger partial charge in [-0.05, 0) is 19.3 Å². The van der Waals surface area contributed by atoms with Crippen LogP contribution in [0.5, 0.6) is 0 Å².